The molecule has 1 aromatic rings. The Morgan fingerprint density at radius 3 is 2.47 bits per heavy atom. The number of halogens is 1. The summed E-state index contributed by atoms with van der Waals surface area (Å²) in [5.41, 5.74) is 5.78. The van der Waals surface area contributed by atoms with Crippen LogP contribution < -0.4 is 10.5 Å². The van der Waals surface area contributed by atoms with Gasteiger partial charge in [-0.1, -0.05) is 25.4 Å². The van der Waals surface area contributed by atoms with Crippen LogP contribution in [0.4, 0.5) is 0 Å². The van der Waals surface area contributed by atoms with E-state index in [9.17, 15) is 0 Å². The number of nitrogens with two attached hydrogens (primary N) is 1. The van der Waals surface area contributed by atoms with Crippen molar-refractivity contribution in [2.45, 2.75) is 32.2 Å². The molecule has 0 aliphatic heterocycles. The molecule has 0 amide bonds. The molecule has 0 bridgehead atoms. The highest BCUT2D eigenvalue weighted by Gasteiger charge is 2.21. The summed E-state index contributed by atoms with van der Waals surface area (Å²) in [6.07, 6.45) is 1.73. The largest absolute Gasteiger partial charge is 0.475 e. The monoisotopic (exact) mass is 229 g/mol. The number of nitrogens with zero attached hydrogens (tertiary/aromatic N) is 2. The Labute approximate surface area is 94.8 Å². The third-order valence-electron chi connectivity index (χ3n) is 2.52. The van der Waals surface area contributed by atoms with Crippen LogP contribution in [0.5, 0.6) is 5.88 Å². The first-order chi connectivity index (χ1) is 7.09. The predicted molar refractivity (Wildman–Crippen MR) is 60.0 cm³/mol. The summed E-state index contributed by atoms with van der Waals surface area (Å²) >= 11 is 5.60. The summed E-state index contributed by atoms with van der Waals surface area (Å²) in [4.78, 5) is 0. The van der Waals surface area contributed by atoms with E-state index < -0.39 is 0 Å². The summed E-state index contributed by atoms with van der Waals surface area (Å²) < 4.78 is 5.45. The second-order valence-electron chi connectivity index (χ2n) is 3.55. The Bertz CT molecular complexity index is 298. The normalized spacial score (nSPS) is 11.5. The van der Waals surface area contributed by atoms with Crippen molar-refractivity contribution in [1.29, 1.82) is 0 Å². The zero-order chi connectivity index (χ0) is 11.3. The van der Waals surface area contributed by atoms with Gasteiger partial charge in [0.25, 0.3) is 0 Å². The van der Waals surface area contributed by atoms with Crippen LogP contribution in [0, 0.1) is 0 Å². The first-order valence-electron chi connectivity index (χ1n) is 5.00. The molecule has 1 rings (SSSR count). The molecule has 4 nitrogen and oxygen atoms in total. The first kappa shape index (κ1) is 12.2. The molecule has 0 aromatic carbocycles. The predicted octanol–water partition coefficient (Wildman–Crippen LogP) is 2.03. The minimum absolute atomic E-state index is 0.290. The molecule has 0 atom stereocenters. The van der Waals surface area contributed by atoms with Crippen molar-refractivity contribution < 1.29 is 4.74 Å². The average Bonchev–Trinajstić information content (AvgIpc) is 2.28. The van der Waals surface area contributed by atoms with Gasteiger partial charge < -0.3 is 10.5 Å². The van der Waals surface area contributed by atoms with E-state index in [1.165, 1.54) is 0 Å². The molecule has 2 N–H and O–H groups in total. The topological polar surface area (TPSA) is 61.0 Å². The lowest BCUT2D eigenvalue weighted by molar-refractivity contribution is 0.199. The second kappa shape index (κ2) is 5.28. The van der Waals surface area contributed by atoms with Gasteiger partial charge in [0.2, 0.25) is 5.88 Å². The fraction of sp³-hybridized carbons (Fsp3) is 0.600. The minimum atomic E-state index is -0.290. The van der Waals surface area contributed by atoms with Gasteiger partial charge in [0.15, 0.2) is 5.15 Å². The van der Waals surface area contributed by atoms with E-state index in [0.29, 0.717) is 17.6 Å². The summed E-state index contributed by atoms with van der Waals surface area (Å²) in [5, 5.41) is 7.83. The molecule has 0 saturated carbocycles. The van der Waals surface area contributed by atoms with Crippen molar-refractivity contribution in [3.63, 3.8) is 0 Å². The first-order valence-corrected chi connectivity index (χ1v) is 5.38. The van der Waals surface area contributed by atoms with Crippen LogP contribution in [0.3, 0.4) is 0 Å². The highest BCUT2D eigenvalue weighted by atomic mass is 35.5. The van der Waals surface area contributed by atoms with Crippen molar-refractivity contribution in [2.75, 3.05) is 6.61 Å². The van der Waals surface area contributed by atoms with Crippen LogP contribution in [0.25, 0.3) is 0 Å². The van der Waals surface area contributed by atoms with Gasteiger partial charge in [0.05, 0.1) is 0 Å². The van der Waals surface area contributed by atoms with Gasteiger partial charge in [0.1, 0.15) is 6.61 Å². The van der Waals surface area contributed by atoms with Crippen LogP contribution in [0.2, 0.25) is 5.15 Å². The van der Waals surface area contributed by atoms with Crippen LogP contribution in [-0.4, -0.2) is 22.3 Å². The molecule has 15 heavy (non-hydrogen) atoms. The molecule has 0 unspecified atom stereocenters. The fourth-order valence-corrected chi connectivity index (χ4v) is 1.15. The third kappa shape index (κ3) is 3.64. The van der Waals surface area contributed by atoms with Crippen molar-refractivity contribution in [1.82, 2.24) is 10.2 Å². The van der Waals surface area contributed by atoms with Gasteiger partial charge in [-0.3, -0.25) is 0 Å². The molecule has 0 saturated heterocycles. The van der Waals surface area contributed by atoms with Gasteiger partial charge in [-0.2, -0.15) is 0 Å². The molecule has 5 heteroatoms. The molecule has 0 aliphatic rings. The number of ether oxygens (including phenoxy) is 1. The van der Waals surface area contributed by atoms with Gasteiger partial charge in [-0.05, 0) is 18.9 Å². The zero-order valence-electron chi connectivity index (χ0n) is 9.03. The maximum absolute atomic E-state index is 6.08. The maximum atomic E-state index is 6.08. The van der Waals surface area contributed by atoms with Gasteiger partial charge in [-0.15, -0.1) is 10.2 Å². The van der Waals surface area contributed by atoms with Gasteiger partial charge >= 0.3 is 0 Å². The molecule has 0 aliphatic carbocycles. The van der Waals surface area contributed by atoms with Gasteiger partial charge in [-0.25, -0.2) is 0 Å². The highest BCUT2D eigenvalue weighted by Crippen LogP contribution is 2.14. The van der Waals surface area contributed by atoms with Crippen LogP contribution in [0.1, 0.15) is 26.7 Å². The van der Waals surface area contributed by atoms with Crippen molar-refractivity contribution in [3.8, 4) is 5.88 Å². The SMILES string of the molecule is CCC(N)(CC)COc1ccc(Cl)nn1. The van der Waals surface area contributed by atoms with Crippen LogP contribution >= 0.6 is 11.6 Å². The second-order valence-corrected chi connectivity index (χ2v) is 3.94. The van der Waals surface area contributed by atoms with Crippen LogP contribution in [-0.2, 0) is 0 Å². The number of hydrogen-bond acceptors (Lipinski definition) is 4. The lowest BCUT2D eigenvalue weighted by Gasteiger charge is -2.25. The third-order valence-corrected chi connectivity index (χ3v) is 2.72. The number of hydrogen-bond donors (Lipinski definition) is 1. The summed E-state index contributed by atoms with van der Waals surface area (Å²) in [5.74, 6) is 0.455. The fourth-order valence-electron chi connectivity index (χ4n) is 1.05. The van der Waals surface area contributed by atoms with Crippen molar-refractivity contribution in [3.05, 3.63) is 17.3 Å². The van der Waals surface area contributed by atoms with Crippen LogP contribution in [0.15, 0.2) is 12.1 Å². The van der Waals surface area contributed by atoms with Crippen molar-refractivity contribution in [2.24, 2.45) is 5.73 Å². The summed E-state index contributed by atoms with van der Waals surface area (Å²) in [7, 11) is 0. The lowest BCUT2D eigenvalue weighted by Crippen LogP contribution is -2.44. The molecule has 84 valence electrons. The van der Waals surface area contributed by atoms with E-state index in [-0.39, 0.29) is 5.54 Å². The standard InChI is InChI=1S/C10H16ClN3O/c1-3-10(12,4-2)7-15-9-6-5-8(11)13-14-9/h5-6H,3-4,7,12H2,1-2H3. The van der Waals surface area contributed by atoms with E-state index in [0.717, 1.165) is 12.8 Å². The Balaban J connectivity index is 2.53. The molecule has 0 radical (unpaired) electrons. The van der Waals surface area contributed by atoms with E-state index in [1.54, 1.807) is 12.1 Å². The molecular formula is C10H16ClN3O. The Hall–Kier alpha value is -0.870. The molecule has 0 spiro atoms. The number of aromatic nitrogens is 2. The van der Waals surface area contributed by atoms with E-state index >= 15 is 0 Å². The lowest BCUT2D eigenvalue weighted by atomic mass is 9.96. The number of rotatable bonds is 5. The summed E-state index contributed by atoms with van der Waals surface area (Å²) in [6, 6.07) is 3.32. The summed E-state index contributed by atoms with van der Waals surface area (Å²) in [6.45, 7) is 4.52. The van der Waals surface area contributed by atoms with E-state index in [4.69, 9.17) is 22.1 Å². The quantitative estimate of drug-likeness (QED) is 0.839. The maximum Gasteiger partial charge on any atom is 0.233 e. The van der Waals surface area contributed by atoms with Crippen molar-refractivity contribution >= 4 is 11.6 Å². The Kier molecular flexibility index (Phi) is 4.29. The van der Waals surface area contributed by atoms with E-state index in [1.807, 2.05) is 13.8 Å². The van der Waals surface area contributed by atoms with E-state index in [2.05, 4.69) is 10.2 Å². The Morgan fingerprint density at radius 1 is 1.33 bits per heavy atom. The average molecular weight is 230 g/mol. The zero-order valence-corrected chi connectivity index (χ0v) is 9.79. The molecule has 1 heterocycles. The Morgan fingerprint density at radius 2 is 2.00 bits per heavy atom. The van der Waals surface area contributed by atoms with Gasteiger partial charge in [0, 0.05) is 11.6 Å². The smallest absolute Gasteiger partial charge is 0.233 e. The highest BCUT2D eigenvalue weighted by molar-refractivity contribution is 6.29. The molecule has 0 fully saturated rings. The minimum Gasteiger partial charge on any atom is -0.475 e. The molecular weight excluding hydrogens is 214 g/mol. The molecule has 1 aromatic heterocycles.